The standard InChI is InChI=1S/C16H32N2O3/c1-13(2)9-14(3)21-12-15(19)10-17-11-16(20)18-7-5-4-6-8-18/h13-15,17,19H,4-12H2,1-3H3. The van der Waals surface area contributed by atoms with Crippen LogP contribution in [0.25, 0.3) is 0 Å². The Morgan fingerprint density at radius 1 is 1.24 bits per heavy atom. The van der Waals surface area contributed by atoms with Gasteiger partial charge in [-0.05, 0) is 38.5 Å². The second-order valence-electron chi connectivity index (χ2n) is 6.50. The number of amides is 1. The molecule has 0 aromatic carbocycles. The molecular weight excluding hydrogens is 268 g/mol. The fraction of sp³-hybridized carbons (Fsp3) is 0.938. The van der Waals surface area contributed by atoms with Gasteiger partial charge in [0.15, 0.2) is 0 Å². The highest BCUT2D eigenvalue weighted by Crippen LogP contribution is 2.09. The lowest BCUT2D eigenvalue weighted by atomic mass is 10.1. The fourth-order valence-corrected chi connectivity index (χ4v) is 2.67. The first kappa shape index (κ1) is 18.4. The quantitative estimate of drug-likeness (QED) is 0.676. The number of rotatable bonds is 9. The number of hydrogen-bond acceptors (Lipinski definition) is 4. The summed E-state index contributed by atoms with van der Waals surface area (Å²) in [6, 6.07) is 0. The van der Waals surface area contributed by atoms with Crippen molar-refractivity contribution in [3.8, 4) is 0 Å². The van der Waals surface area contributed by atoms with Crippen LogP contribution >= 0.6 is 0 Å². The molecule has 0 spiro atoms. The van der Waals surface area contributed by atoms with Gasteiger partial charge in [0.25, 0.3) is 0 Å². The zero-order valence-corrected chi connectivity index (χ0v) is 13.8. The van der Waals surface area contributed by atoms with Crippen LogP contribution in [0, 0.1) is 5.92 Å². The molecule has 21 heavy (non-hydrogen) atoms. The average Bonchev–Trinajstić information content (AvgIpc) is 2.45. The Morgan fingerprint density at radius 3 is 2.52 bits per heavy atom. The van der Waals surface area contributed by atoms with Gasteiger partial charge in [0, 0.05) is 19.6 Å². The van der Waals surface area contributed by atoms with Gasteiger partial charge >= 0.3 is 0 Å². The predicted molar refractivity (Wildman–Crippen MR) is 84.2 cm³/mol. The second kappa shape index (κ2) is 10.1. The molecule has 1 fully saturated rings. The fourth-order valence-electron chi connectivity index (χ4n) is 2.67. The van der Waals surface area contributed by atoms with Gasteiger partial charge in [-0.15, -0.1) is 0 Å². The minimum Gasteiger partial charge on any atom is -0.389 e. The van der Waals surface area contributed by atoms with Crippen LogP contribution in [0.5, 0.6) is 0 Å². The van der Waals surface area contributed by atoms with E-state index in [1.807, 2.05) is 11.8 Å². The van der Waals surface area contributed by atoms with E-state index in [1.165, 1.54) is 6.42 Å². The van der Waals surface area contributed by atoms with Crippen LogP contribution in [0.15, 0.2) is 0 Å². The monoisotopic (exact) mass is 300 g/mol. The third-order valence-electron chi connectivity index (χ3n) is 3.74. The van der Waals surface area contributed by atoms with E-state index in [0.717, 1.165) is 32.4 Å². The van der Waals surface area contributed by atoms with E-state index in [0.29, 0.717) is 25.6 Å². The summed E-state index contributed by atoms with van der Waals surface area (Å²) < 4.78 is 5.60. The number of piperidine rings is 1. The van der Waals surface area contributed by atoms with Crippen molar-refractivity contribution in [3.63, 3.8) is 0 Å². The van der Waals surface area contributed by atoms with Gasteiger partial charge in [-0.1, -0.05) is 13.8 Å². The minimum absolute atomic E-state index is 0.135. The largest absolute Gasteiger partial charge is 0.389 e. The van der Waals surface area contributed by atoms with Crippen molar-refractivity contribution in [2.75, 3.05) is 32.8 Å². The van der Waals surface area contributed by atoms with E-state index in [9.17, 15) is 9.90 Å². The second-order valence-corrected chi connectivity index (χ2v) is 6.50. The van der Waals surface area contributed by atoms with Gasteiger partial charge in [0.05, 0.1) is 25.4 Å². The first-order chi connectivity index (χ1) is 9.99. The molecule has 2 unspecified atom stereocenters. The molecule has 0 radical (unpaired) electrons. The van der Waals surface area contributed by atoms with Crippen molar-refractivity contribution in [2.24, 2.45) is 5.92 Å². The lowest BCUT2D eigenvalue weighted by Crippen LogP contribution is -2.43. The summed E-state index contributed by atoms with van der Waals surface area (Å²) in [7, 11) is 0. The number of hydrogen-bond donors (Lipinski definition) is 2. The minimum atomic E-state index is -0.561. The van der Waals surface area contributed by atoms with Crippen LogP contribution in [-0.4, -0.2) is 60.9 Å². The molecule has 1 aliphatic heterocycles. The molecule has 5 heteroatoms. The Hall–Kier alpha value is -0.650. The molecule has 0 aliphatic carbocycles. The zero-order valence-electron chi connectivity index (χ0n) is 13.8. The molecule has 0 bridgehead atoms. The summed E-state index contributed by atoms with van der Waals surface area (Å²) in [6.45, 7) is 9.11. The molecule has 5 nitrogen and oxygen atoms in total. The summed E-state index contributed by atoms with van der Waals surface area (Å²) in [4.78, 5) is 13.8. The molecule has 1 saturated heterocycles. The first-order valence-electron chi connectivity index (χ1n) is 8.27. The van der Waals surface area contributed by atoms with Crippen LogP contribution in [0.3, 0.4) is 0 Å². The molecular formula is C16H32N2O3. The molecule has 1 heterocycles. The van der Waals surface area contributed by atoms with Crippen LogP contribution in [-0.2, 0) is 9.53 Å². The lowest BCUT2D eigenvalue weighted by Gasteiger charge is -2.27. The Morgan fingerprint density at radius 2 is 1.90 bits per heavy atom. The van der Waals surface area contributed by atoms with Gasteiger partial charge in [0.2, 0.25) is 5.91 Å². The normalized spacial score (nSPS) is 18.8. The van der Waals surface area contributed by atoms with E-state index in [4.69, 9.17) is 4.74 Å². The van der Waals surface area contributed by atoms with Crippen molar-refractivity contribution in [1.29, 1.82) is 0 Å². The Labute approximate surface area is 129 Å². The SMILES string of the molecule is CC(C)CC(C)OCC(O)CNCC(=O)N1CCCCC1. The molecule has 1 amide bonds. The highest BCUT2D eigenvalue weighted by atomic mass is 16.5. The molecule has 0 aromatic rings. The summed E-state index contributed by atoms with van der Waals surface area (Å²) in [5.41, 5.74) is 0. The lowest BCUT2D eigenvalue weighted by molar-refractivity contribution is -0.131. The summed E-state index contributed by atoms with van der Waals surface area (Å²) in [5.74, 6) is 0.730. The van der Waals surface area contributed by atoms with Gasteiger partial charge in [-0.25, -0.2) is 0 Å². The molecule has 0 saturated carbocycles. The Balaban J connectivity index is 2.07. The maximum absolute atomic E-state index is 11.9. The predicted octanol–water partition coefficient (Wildman–Crippen LogP) is 1.40. The van der Waals surface area contributed by atoms with Crippen molar-refractivity contribution in [3.05, 3.63) is 0 Å². The maximum atomic E-state index is 11.9. The third-order valence-corrected chi connectivity index (χ3v) is 3.74. The van der Waals surface area contributed by atoms with E-state index in [-0.39, 0.29) is 12.0 Å². The maximum Gasteiger partial charge on any atom is 0.236 e. The number of carbonyl (C=O) groups is 1. The molecule has 2 atom stereocenters. The Kier molecular flexibility index (Phi) is 8.88. The molecule has 0 aromatic heterocycles. The van der Waals surface area contributed by atoms with Crippen molar-refractivity contribution in [1.82, 2.24) is 10.2 Å². The Bertz CT molecular complexity index is 291. The molecule has 2 N–H and O–H groups in total. The van der Waals surface area contributed by atoms with Crippen LogP contribution in [0.4, 0.5) is 0 Å². The van der Waals surface area contributed by atoms with Gasteiger partial charge in [-0.2, -0.15) is 0 Å². The number of ether oxygens (including phenoxy) is 1. The van der Waals surface area contributed by atoms with Gasteiger partial charge < -0.3 is 20.1 Å². The van der Waals surface area contributed by atoms with Crippen LogP contribution in [0.2, 0.25) is 0 Å². The van der Waals surface area contributed by atoms with E-state index < -0.39 is 6.10 Å². The van der Waals surface area contributed by atoms with Crippen molar-refractivity contribution >= 4 is 5.91 Å². The smallest absolute Gasteiger partial charge is 0.236 e. The summed E-state index contributed by atoms with van der Waals surface area (Å²) in [5, 5.41) is 12.9. The highest BCUT2D eigenvalue weighted by Gasteiger charge is 2.16. The number of likely N-dealkylation sites (tertiary alicyclic amines) is 1. The van der Waals surface area contributed by atoms with Crippen molar-refractivity contribution in [2.45, 2.75) is 58.7 Å². The van der Waals surface area contributed by atoms with Crippen LogP contribution in [0.1, 0.15) is 46.5 Å². The third kappa shape index (κ3) is 8.39. The van der Waals surface area contributed by atoms with Crippen molar-refractivity contribution < 1.29 is 14.6 Å². The topological polar surface area (TPSA) is 61.8 Å². The van der Waals surface area contributed by atoms with E-state index in [2.05, 4.69) is 19.2 Å². The van der Waals surface area contributed by atoms with Gasteiger partial charge in [0.1, 0.15) is 0 Å². The number of aliphatic hydroxyl groups is 1. The number of nitrogens with zero attached hydrogens (tertiary/aromatic N) is 1. The summed E-state index contributed by atoms with van der Waals surface area (Å²) in [6.07, 6.45) is 4.03. The average molecular weight is 300 g/mol. The van der Waals surface area contributed by atoms with E-state index in [1.54, 1.807) is 0 Å². The summed E-state index contributed by atoms with van der Waals surface area (Å²) >= 11 is 0. The first-order valence-corrected chi connectivity index (χ1v) is 8.27. The number of nitrogens with one attached hydrogen (secondary N) is 1. The van der Waals surface area contributed by atoms with Crippen LogP contribution < -0.4 is 5.32 Å². The van der Waals surface area contributed by atoms with E-state index >= 15 is 0 Å². The molecule has 1 rings (SSSR count). The number of carbonyl (C=O) groups excluding carboxylic acids is 1. The zero-order chi connectivity index (χ0) is 15.7. The molecule has 1 aliphatic rings. The molecule has 124 valence electrons. The van der Waals surface area contributed by atoms with Gasteiger partial charge in [-0.3, -0.25) is 4.79 Å². The number of aliphatic hydroxyl groups excluding tert-OH is 1. The highest BCUT2D eigenvalue weighted by molar-refractivity contribution is 5.78.